The molecular weight excluding hydrogens is 448 g/mol. The summed E-state index contributed by atoms with van der Waals surface area (Å²) in [4.78, 5) is 20.0. The molecule has 1 aromatic carbocycles. The molecule has 3 aromatic rings. The number of sulfonamides is 1. The Hall–Kier alpha value is -2.85. The lowest BCUT2D eigenvalue weighted by Crippen LogP contribution is -2.27. The third kappa shape index (κ3) is 4.24. The van der Waals surface area contributed by atoms with Crippen molar-refractivity contribution in [3.8, 4) is 16.5 Å². The van der Waals surface area contributed by atoms with Gasteiger partial charge in [-0.1, -0.05) is 6.07 Å². The molecule has 1 amide bonds. The lowest BCUT2D eigenvalue weighted by Gasteiger charge is -2.13. The fourth-order valence-electron chi connectivity index (χ4n) is 3.77. The number of nitrogens with zero attached hydrogens (tertiary/aromatic N) is 3. The van der Waals surface area contributed by atoms with Gasteiger partial charge < -0.3 is 14.2 Å². The van der Waals surface area contributed by atoms with Gasteiger partial charge in [-0.25, -0.2) is 13.4 Å². The minimum absolute atomic E-state index is 0.000914. The van der Waals surface area contributed by atoms with E-state index in [9.17, 15) is 13.2 Å². The number of aryl methyl sites for hydroxylation is 3. The van der Waals surface area contributed by atoms with Gasteiger partial charge in [0.1, 0.15) is 20.5 Å². The van der Waals surface area contributed by atoms with Crippen LogP contribution in [0.4, 0.5) is 5.69 Å². The zero-order valence-corrected chi connectivity index (χ0v) is 20.1. The highest BCUT2D eigenvalue weighted by Crippen LogP contribution is 2.33. The molecule has 8 nitrogen and oxygen atoms in total. The van der Waals surface area contributed by atoms with Crippen LogP contribution >= 0.6 is 11.3 Å². The number of rotatable bonds is 6. The fourth-order valence-corrected chi connectivity index (χ4v) is 5.99. The molecule has 170 valence electrons. The van der Waals surface area contributed by atoms with Gasteiger partial charge >= 0.3 is 0 Å². The van der Waals surface area contributed by atoms with E-state index in [4.69, 9.17) is 4.74 Å². The van der Waals surface area contributed by atoms with E-state index in [0.29, 0.717) is 32.7 Å². The number of aromatic nitrogens is 2. The predicted octanol–water partition coefficient (Wildman–Crippen LogP) is 3.81. The average molecular weight is 475 g/mol. The molecule has 1 aliphatic heterocycles. The van der Waals surface area contributed by atoms with Crippen LogP contribution in [0, 0.1) is 13.8 Å². The molecule has 0 atom stereocenters. The van der Waals surface area contributed by atoms with Crippen molar-refractivity contribution in [2.45, 2.75) is 31.6 Å². The summed E-state index contributed by atoms with van der Waals surface area (Å²) < 4.78 is 35.8. The number of anilines is 1. The molecule has 32 heavy (non-hydrogen) atoms. The second-order valence-corrected chi connectivity index (χ2v) is 10.6. The van der Waals surface area contributed by atoms with Gasteiger partial charge in [-0.05, 0) is 50.5 Å². The van der Waals surface area contributed by atoms with E-state index < -0.39 is 10.0 Å². The standard InChI is InChI=1S/C22H26N4O4S2/c1-14-7-8-19(30-4)17(11-14)24-32(28,29)16-12-18(25(3)13-16)21-23-15(2)20(31-21)22(27)26-9-5-6-10-26/h7-8,11-13,24H,5-6,9-10H2,1-4H3. The number of ether oxygens (including phenoxy) is 1. The number of methoxy groups -OCH3 is 1. The molecular formula is C22H26N4O4S2. The van der Waals surface area contributed by atoms with Crippen molar-refractivity contribution in [1.29, 1.82) is 0 Å². The Bertz CT molecular complexity index is 1270. The lowest BCUT2D eigenvalue weighted by atomic mass is 10.2. The summed E-state index contributed by atoms with van der Waals surface area (Å²) in [5, 5.41) is 0.613. The largest absolute Gasteiger partial charge is 0.495 e. The van der Waals surface area contributed by atoms with Crippen LogP contribution in [0.2, 0.25) is 0 Å². The second kappa shape index (κ2) is 8.59. The van der Waals surface area contributed by atoms with E-state index in [1.165, 1.54) is 18.4 Å². The van der Waals surface area contributed by atoms with Gasteiger partial charge in [-0.15, -0.1) is 11.3 Å². The van der Waals surface area contributed by atoms with Crippen molar-refractivity contribution in [3.05, 3.63) is 46.6 Å². The number of carbonyl (C=O) groups is 1. The smallest absolute Gasteiger partial charge is 0.265 e. The Morgan fingerprint density at radius 3 is 2.59 bits per heavy atom. The topological polar surface area (TPSA) is 93.5 Å². The minimum Gasteiger partial charge on any atom is -0.495 e. The van der Waals surface area contributed by atoms with Crippen LogP contribution in [0.15, 0.2) is 35.4 Å². The zero-order chi connectivity index (χ0) is 23.0. The number of thiazole rings is 1. The van der Waals surface area contributed by atoms with Crippen LogP contribution in [-0.4, -0.2) is 49.0 Å². The van der Waals surface area contributed by atoms with E-state index in [1.54, 1.807) is 36.0 Å². The highest BCUT2D eigenvalue weighted by molar-refractivity contribution is 7.92. The summed E-state index contributed by atoms with van der Waals surface area (Å²) in [7, 11) is -0.595. The van der Waals surface area contributed by atoms with E-state index in [2.05, 4.69) is 9.71 Å². The molecule has 10 heteroatoms. The highest BCUT2D eigenvalue weighted by Gasteiger charge is 2.26. The first-order valence-corrected chi connectivity index (χ1v) is 12.6. The van der Waals surface area contributed by atoms with Crippen LogP contribution in [0.5, 0.6) is 5.75 Å². The van der Waals surface area contributed by atoms with Gasteiger partial charge in [0.2, 0.25) is 0 Å². The summed E-state index contributed by atoms with van der Waals surface area (Å²) in [5.41, 5.74) is 2.58. The number of benzene rings is 1. The maximum absolute atomic E-state index is 13.1. The summed E-state index contributed by atoms with van der Waals surface area (Å²) in [6, 6.07) is 6.87. The van der Waals surface area contributed by atoms with E-state index in [0.717, 1.165) is 31.5 Å². The first-order chi connectivity index (χ1) is 15.2. The number of hydrogen-bond donors (Lipinski definition) is 1. The van der Waals surface area contributed by atoms with Crippen LogP contribution < -0.4 is 9.46 Å². The number of hydrogen-bond acceptors (Lipinski definition) is 6. The molecule has 0 spiro atoms. The normalized spacial score (nSPS) is 14.1. The Balaban J connectivity index is 1.64. The third-order valence-electron chi connectivity index (χ3n) is 5.49. The van der Waals surface area contributed by atoms with Crippen molar-refractivity contribution >= 4 is 33.0 Å². The van der Waals surface area contributed by atoms with E-state index in [-0.39, 0.29) is 10.8 Å². The van der Waals surface area contributed by atoms with Gasteiger partial charge in [0.25, 0.3) is 15.9 Å². The Morgan fingerprint density at radius 1 is 1.19 bits per heavy atom. The second-order valence-electron chi connectivity index (χ2n) is 7.91. The van der Waals surface area contributed by atoms with E-state index in [1.807, 2.05) is 24.8 Å². The fraction of sp³-hybridized carbons (Fsp3) is 0.364. The Morgan fingerprint density at radius 2 is 1.91 bits per heavy atom. The van der Waals surface area contributed by atoms with Crippen molar-refractivity contribution in [2.24, 2.45) is 7.05 Å². The van der Waals surface area contributed by atoms with Gasteiger partial charge in [-0.2, -0.15) is 0 Å². The van der Waals surface area contributed by atoms with Crippen molar-refractivity contribution in [1.82, 2.24) is 14.5 Å². The van der Waals surface area contributed by atoms with Crippen LogP contribution in [-0.2, 0) is 17.1 Å². The highest BCUT2D eigenvalue weighted by atomic mass is 32.2. The van der Waals surface area contributed by atoms with Crippen molar-refractivity contribution in [2.75, 3.05) is 24.9 Å². The van der Waals surface area contributed by atoms with Crippen molar-refractivity contribution in [3.63, 3.8) is 0 Å². The first-order valence-electron chi connectivity index (χ1n) is 10.3. The number of carbonyl (C=O) groups excluding carboxylic acids is 1. The van der Waals surface area contributed by atoms with Crippen LogP contribution in [0.3, 0.4) is 0 Å². The van der Waals surface area contributed by atoms with Gasteiger partial charge in [0.05, 0.1) is 24.2 Å². The maximum Gasteiger partial charge on any atom is 0.265 e. The maximum atomic E-state index is 13.1. The zero-order valence-electron chi connectivity index (χ0n) is 18.5. The molecule has 1 aliphatic rings. The molecule has 1 N–H and O–H groups in total. The minimum atomic E-state index is -3.85. The molecule has 0 radical (unpaired) electrons. The van der Waals surface area contributed by atoms with Crippen molar-refractivity contribution < 1.29 is 17.9 Å². The molecule has 0 unspecified atom stereocenters. The van der Waals surface area contributed by atoms with Gasteiger partial charge in [-0.3, -0.25) is 9.52 Å². The monoisotopic (exact) mass is 474 g/mol. The van der Waals surface area contributed by atoms with Gasteiger partial charge in [0.15, 0.2) is 0 Å². The van der Waals surface area contributed by atoms with Crippen LogP contribution in [0.25, 0.3) is 10.7 Å². The molecule has 0 aliphatic carbocycles. The molecule has 1 fully saturated rings. The quantitative estimate of drug-likeness (QED) is 0.586. The first kappa shape index (κ1) is 22.3. The SMILES string of the molecule is COc1ccc(C)cc1NS(=O)(=O)c1cc(-c2nc(C)c(C(=O)N3CCCC3)s2)n(C)c1. The summed E-state index contributed by atoms with van der Waals surface area (Å²) in [5.74, 6) is 0.440. The number of amides is 1. The molecule has 4 rings (SSSR count). The van der Waals surface area contributed by atoms with E-state index >= 15 is 0 Å². The van der Waals surface area contributed by atoms with Crippen LogP contribution in [0.1, 0.15) is 33.8 Å². The molecule has 0 bridgehead atoms. The average Bonchev–Trinajstić information content (AvgIpc) is 3.47. The summed E-state index contributed by atoms with van der Waals surface area (Å²) in [6.45, 7) is 5.23. The predicted molar refractivity (Wildman–Crippen MR) is 125 cm³/mol. The number of likely N-dealkylation sites (tertiary alicyclic amines) is 1. The Kier molecular flexibility index (Phi) is 6.00. The third-order valence-corrected chi connectivity index (χ3v) is 7.99. The summed E-state index contributed by atoms with van der Waals surface area (Å²) in [6.07, 6.45) is 3.58. The lowest BCUT2D eigenvalue weighted by molar-refractivity contribution is 0.0796. The number of nitrogens with one attached hydrogen (secondary N) is 1. The summed E-state index contributed by atoms with van der Waals surface area (Å²) >= 11 is 1.30. The molecule has 0 saturated carbocycles. The molecule has 1 saturated heterocycles. The Labute approximate surface area is 191 Å². The molecule has 3 heterocycles. The molecule has 2 aromatic heterocycles. The van der Waals surface area contributed by atoms with Gasteiger partial charge in [0, 0.05) is 26.3 Å².